The monoisotopic (exact) mass is 560 g/mol. The number of hydrogen-bond donors (Lipinski definition) is 3. The fraction of sp³-hybridized carbons (Fsp3) is 0.344. The number of nitrogens with one attached hydrogen (secondary N) is 2. The zero-order valence-corrected chi connectivity index (χ0v) is 23.1. The summed E-state index contributed by atoms with van der Waals surface area (Å²) in [4.78, 5) is 35.6. The molecule has 1 aliphatic carbocycles. The lowest BCUT2D eigenvalue weighted by Gasteiger charge is -2.29. The van der Waals surface area contributed by atoms with Gasteiger partial charge in [0.25, 0.3) is 0 Å². The number of unbranched alkanes of at least 4 members (excludes halogenated alkanes) is 1. The first-order valence-corrected chi connectivity index (χ1v) is 14.0. The summed E-state index contributed by atoms with van der Waals surface area (Å²) in [5.74, 6) is 0.636. The molecule has 0 aliphatic heterocycles. The zero-order chi connectivity index (χ0) is 29.0. The molecular weight excluding hydrogens is 524 g/mol. The molecule has 3 N–H and O–H groups in total. The van der Waals surface area contributed by atoms with E-state index in [2.05, 4.69) is 17.6 Å². The Morgan fingerprint density at radius 3 is 2.15 bits per heavy atom. The maximum absolute atomic E-state index is 12.4. The van der Waals surface area contributed by atoms with Gasteiger partial charge in [0.05, 0.1) is 30.4 Å². The molecule has 0 spiro atoms. The van der Waals surface area contributed by atoms with Crippen LogP contribution in [0.15, 0.2) is 72.8 Å². The van der Waals surface area contributed by atoms with Gasteiger partial charge in [-0.05, 0) is 86.2 Å². The minimum atomic E-state index is -1.10. The molecule has 216 valence electrons. The second-order valence-electron chi connectivity index (χ2n) is 10.0. The normalized spacial score (nSPS) is 16.3. The molecule has 1 saturated carbocycles. The maximum Gasteiger partial charge on any atom is 0.407 e. The van der Waals surface area contributed by atoms with Crippen molar-refractivity contribution in [3.8, 4) is 17.2 Å². The number of alkyl carbamates (subject to hydrolysis) is 1. The van der Waals surface area contributed by atoms with Gasteiger partial charge in [-0.1, -0.05) is 37.6 Å². The predicted octanol–water partition coefficient (Wildman–Crippen LogP) is 6.57. The van der Waals surface area contributed by atoms with Crippen LogP contribution in [0.4, 0.5) is 10.5 Å². The second-order valence-corrected chi connectivity index (χ2v) is 10.0. The van der Waals surface area contributed by atoms with Crippen molar-refractivity contribution in [2.45, 2.75) is 64.0 Å². The zero-order valence-electron chi connectivity index (χ0n) is 23.1. The number of aromatic carboxylic acids is 1. The highest BCUT2D eigenvalue weighted by atomic mass is 16.5. The van der Waals surface area contributed by atoms with Crippen molar-refractivity contribution in [1.82, 2.24) is 5.32 Å². The van der Waals surface area contributed by atoms with Gasteiger partial charge in [0, 0.05) is 6.04 Å². The Balaban J connectivity index is 1.20. The average molecular weight is 561 g/mol. The van der Waals surface area contributed by atoms with Gasteiger partial charge >= 0.3 is 12.1 Å². The van der Waals surface area contributed by atoms with Crippen molar-refractivity contribution in [3.05, 3.63) is 83.9 Å². The van der Waals surface area contributed by atoms with Crippen molar-refractivity contribution >= 4 is 23.7 Å². The van der Waals surface area contributed by atoms with E-state index in [0.29, 0.717) is 18.1 Å². The number of carbonyl (C=O) groups is 3. The van der Waals surface area contributed by atoms with E-state index in [-0.39, 0.29) is 41.8 Å². The van der Waals surface area contributed by atoms with Crippen LogP contribution in [0.3, 0.4) is 0 Å². The SMILES string of the molecule is CCCCOC(=O)NC1CCC(Oc2ccc(Oc3ccc(CC(=O)Nc4ccccc4C(=O)O)cc3)cc2)CC1. The lowest BCUT2D eigenvalue weighted by Crippen LogP contribution is -2.40. The van der Waals surface area contributed by atoms with Crippen LogP contribution in [0.25, 0.3) is 0 Å². The molecule has 0 heterocycles. The van der Waals surface area contributed by atoms with Crippen LogP contribution in [0.1, 0.15) is 61.4 Å². The Morgan fingerprint density at radius 2 is 1.49 bits per heavy atom. The first-order chi connectivity index (χ1) is 19.9. The predicted molar refractivity (Wildman–Crippen MR) is 155 cm³/mol. The number of carbonyl (C=O) groups excluding carboxylic acids is 2. The summed E-state index contributed by atoms with van der Waals surface area (Å²) in [5.41, 5.74) is 1.08. The summed E-state index contributed by atoms with van der Waals surface area (Å²) >= 11 is 0. The van der Waals surface area contributed by atoms with Crippen LogP contribution in [0.2, 0.25) is 0 Å². The average Bonchev–Trinajstić information content (AvgIpc) is 2.96. The van der Waals surface area contributed by atoms with Crippen LogP contribution in [-0.4, -0.2) is 41.8 Å². The molecule has 9 heteroatoms. The van der Waals surface area contributed by atoms with Crippen LogP contribution >= 0.6 is 0 Å². The lowest BCUT2D eigenvalue weighted by atomic mass is 9.93. The number of hydrogen-bond acceptors (Lipinski definition) is 6. The second kappa shape index (κ2) is 14.7. The van der Waals surface area contributed by atoms with Crippen LogP contribution < -0.4 is 20.1 Å². The largest absolute Gasteiger partial charge is 0.490 e. The highest BCUT2D eigenvalue weighted by molar-refractivity contribution is 6.01. The third-order valence-electron chi connectivity index (χ3n) is 6.81. The van der Waals surface area contributed by atoms with E-state index in [4.69, 9.17) is 14.2 Å². The highest BCUT2D eigenvalue weighted by Crippen LogP contribution is 2.28. The molecule has 1 fully saturated rings. The molecule has 2 amide bonds. The molecule has 0 atom stereocenters. The van der Waals surface area contributed by atoms with Gasteiger partial charge in [-0.2, -0.15) is 0 Å². The third kappa shape index (κ3) is 9.27. The first-order valence-electron chi connectivity index (χ1n) is 14.0. The number of carboxylic acid groups (broad SMARTS) is 1. The minimum absolute atomic E-state index is 0.0439. The number of amides is 2. The Morgan fingerprint density at radius 1 is 0.854 bits per heavy atom. The van der Waals surface area contributed by atoms with Gasteiger partial charge < -0.3 is 30.0 Å². The Bertz CT molecular complexity index is 1300. The molecule has 0 aromatic heterocycles. The minimum Gasteiger partial charge on any atom is -0.490 e. The summed E-state index contributed by atoms with van der Waals surface area (Å²) in [6, 6.07) is 21.0. The molecule has 0 saturated heterocycles. The number of para-hydroxylation sites is 1. The van der Waals surface area contributed by atoms with E-state index in [0.717, 1.165) is 49.8 Å². The molecule has 3 aromatic rings. The van der Waals surface area contributed by atoms with Crippen molar-refractivity contribution in [1.29, 1.82) is 0 Å². The van der Waals surface area contributed by atoms with E-state index in [1.165, 1.54) is 6.07 Å². The van der Waals surface area contributed by atoms with Crippen molar-refractivity contribution in [3.63, 3.8) is 0 Å². The molecule has 0 radical (unpaired) electrons. The molecular formula is C32H36N2O7. The van der Waals surface area contributed by atoms with Crippen LogP contribution in [-0.2, 0) is 16.0 Å². The number of anilines is 1. The molecule has 1 aliphatic rings. The highest BCUT2D eigenvalue weighted by Gasteiger charge is 2.24. The van der Waals surface area contributed by atoms with E-state index in [1.807, 2.05) is 24.3 Å². The van der Waals surface area contributed by atoms with Crippen LogP contribution in [0, 0.1) is 0 Å². The number of carboxylic acids is 1. The third-order valence-corrected chi connectivity index (χ3v) is 6.81. The Labute approximate surface area is 239 Å². The summed E-state index contributed by atoms with van der Waals surface area (Å²) in [5, 5.41) is 14.9. The fourth-order valence-electron chi connectivity index (χ4n) is 4.59. The molecule has 0 unspecified atom stereocenters. The van der Waals surface area contributed by atoms with Crippen LogP contribution in [0.5, 0.6) is 17.2 Å². The van der Waals surface area contributed by atoms with Gasteiger partial charge in [-0.3, -0.25) is 4.79 Å². The van der Waals surface area contributed by atoms with Gasteiger partial charge in [-0.25, -0.2) is 9.59 Å². The molecule has 3 aromatic carbocycles. The Hall–Kier alpha value is -4.53. The Kier molecular flexibility index (Phi) is 10.6. The van der Waals surface area contributed by atoms with E-state index < -0.39 is 5.97 Å². The maximum atomic E-state index is 12.4. The topological polar surface area (TPSA) is 123 Å². The number of benzene rings is 3. The van der Waals surface area contributed by atoms with Gasteiger partial charge in [0.2, 0.25) is 5.91 Å². The van der Waals surface area contributed by atoms with Crippen molar-refractivity contribution in [2.24, 2.45) is 0 Å². The quantitative estimate of drug-likeness (QED) is 0.214. The lowest BCUT2D eigenvalue weighted by molar-refractivity contribution is -0.115. The first kappa shape index (κ1) is 29.5. The molecule has 41 heavy (non-hydrogen) atoms. The molecule has 0 bridgehead atoms. The van der Waals surface area contributed by atoms with E-state index >= 15 is 0 Å². The summed E-state index contributed by atoms with van der Waals surface area (Å²) in [6.45, 7) is 2.51. The van der Waals surface area contributed by atoms with Gasteiger partial charge in [0.15, 0.2) is 0 Å². The standard InChI is InChI=1S/C32H36N2O7/c1-2-3-20-39-32(38)33-23-10-14-25(15-11-23)41-27-18-16-26(17-19-27)40-24-12-8-22(9-13-24)21-30(35)34-29-7-5-4-6-28(29)31(36)37/h4-9,12-13,16-19,23,25H,2-3,10-11,14-15,20-21H2,1H3,(H,33,38)(H,34,35)(H,36,37). The number of rotatable bonds is 12. The summed E-state index contributed by atoms with van der Waals surface area (Å²) in [6.07, 6.45) is 5.14. The smallest absolute Gasteiger partial charge is 0.407 e. The molecule has 9 nitrogen and oxygen atoms in total. The van der Waals surface area contributed by atoms with Crippen molar-refractivity contribution < 1.29 is 33.7 Å². The van der Waals surface area contributed by atoms with Gasteiger partial charge in [-0.15, -0.1) is 0 Å². The summed E-state index contributed by atoms with van der Waals surface area (Å²) < 4.78 is 17.3. The van der Waals surface area contributed by atoms with E-state index in [9.17, 15) is 19.5 Å². The number of ether oxygens (including phenoxy) is 3. The molecule has 4 rings (SSSR count). The summed E-state index contributed by atoms with van der Waals surface area (Å²) in [7, 11) is 0. The van der Waals surface area contributed by atoms with Gasteiger partial charge in [0.1, 0.15) is 17.2 Å². The fourth-order valence-corrected chi connectivity index (χ4v) is 4.59. The van der Waals surface area contributed by atoms with Crippen molar-refractivity contribution in [2.75, 3.05) is 11.9 Å². The van der Waals surface area contributed by atoms with E-state index in [1.54, 1.807) is 42.5 Å².